The van der Waals surface area contributed by atoms with E-state index in [1.54, 1.807) is 12.4 Å². The van der Waals surface area contributed by atoms with Gasteiger partial charge < -0.3 is 10.1 Å². The number of thiophene rings is 1. The third kappa shape index (κ3) is 4.63. The molecule has 7 heteroatoms. The lowest BCUT2D eigenvalue weighted by Crippen LogP contribution is -2.21. The van der Waals surface area contributed by atoms with Gasteiger partial charge in [-0.05, 0) is 48.9 Å². The second-order valence-electron chi connectivity index (χ2n) is 7.64. The molecule has 0 aliphatic rings. The van der Waals surface area contributed by atoms with Crippen molar-refractivity contribution in [2.75, 3.05) is 0 Å². The number of amides is 1. The lowest BCUT2D eigenvalue weighted by molar-refractivity contribution is 0.0955. The molecule has 0 spiro atoms. The van der Waals surface area contributed by atoms with Crippen molar-refractivity contribution in [1.82, 2.24) is 20.1 Å². The molecule has 0 radical (unpaired) electrons. The van der Waals surface area contributed by atoms with E-state index in [-0.39, 0.29) is 5.91 Å². The van der Waals surface area contributed by atoms with Gasteiger partial charge in [-0.25, -0.2) is 4.68 Å². The van der Waals surface area contributed by atoms with E-state index >= 15 is 0 Å². The van der Waals surface area contributed by atoms with Gasteiger partial charge in [-0.2, -0.15) is 5.10 Å². The van der Waals surface area contributed by atoms with Crippen LogP contribution in [0.2, 0.25) is 0 Å². The molecule has 0 fully saturated rings. The molecule has 5 aromatic rings. The number of carbonyl (C=O) groups excluding carboxylic acids is 1. The number of hydrogen-bond donors (Lipinski definition) is 1. The van der Waals surface area contributed by atoms with Gasteiger partial charge in [0.05, 0.1) is 16.3 Å². The van der Waals surface area contributed by atoms with Crippen LogP contribution in [0.1, 0.15) is 26.5 Å². The molecule has 2 aromatic carbocycles. The molecule has 6 nitrogen and oxygen atoms in total. The average Bonchev–Trinajstić information content (AvgIpc) is 3.44. The first-order valence-electron chi connectivity index (χ1n) is 10.6. The van der Waals surface area contributed by atoms with Crippen LogP contribution >= 0.6 is 11.3 Å². The summed E-state index contributed by atoms with van der Waals surface area (Å²) < 4.78 is 7.69. The van der Waals surface area contributed by atoms with Gasteiger partial charge in [-0.1, -0.05) is 36.4 Å². The van der Waals surface area contributed by atoms with Crippen molar-refractivity contribution in [1.29, 1.82) is 0 Å². The highest BCUT2D eigenvalue weighted by Gasteiger charge is 2.17. The maximum absolute atomic E-state index is 12.8. The highest BCUT2D eigenvalue weighted by atomic mass is 32.1. The zero-order valence-corrected chi connectivity index (χ0v) is 18.9. The number of para-hydroxylation sites is 1. The Morgan fingerprint density at radius 2 is 1.85 bits per heavy atom. The molecule has 0 saturated carbocycles. The molecule has 3 heterocycles. The predicted molar refractivity (Wildman–Crippen MR) is 130 cm³/mol. The molecule has 0 unspecified atom stereocenters. The molecule has 1 N–H and O–H groups in total. The number of fused-ring (bicyclic) bond motifs is 1. The molecular formula is C26H22N4O2S. The number of hydrogen-bond acceptors (Lipinski definition) is 5. The number of carbonyl (C=O) groups is 1. The van der Waals surface area contributed by atoms with E-state index in [1.807, 2.05) is 84.4 Å². The molecule has 1 amide bonds. The fourth-order valence-electron chi connectivity index (χ4n) is 3.53. The number of pyridine rings is 1. The number of benzene rings is 2. The Labute approximate surface area is 195 Å². The van der Waals surface area contributed by atoms with Gasteiger partial charge in [0.15, 0.2) is 0 Å². The molecule has 5 rings (SSSR count). The molecule has 164 valence electrons. The normalized spacial score (nSPS) is 10.9. The summed E-state index contributed by atoms with van der Waals surface area (Å²) >= 11 is 1.45. The van der Waals surface area contributed by atoms with Crippen molar-refractivity contribution < 1.29 is 9.53 Å². The fourth-order valence-corrected chi connectivity index (χ4v) is 4.63. The molecule has 0 aliphatic carbocycles. The monoisotopic (exact) mass is 454 g/mol. The largest absolute Gasteiger partial charge is 0.489 e. The van der Waals surface area contributed by atoms with Crippen molar-refractivity contribution in [2.45, 2.75) is 20.1 Å². The molecular weight excluding hydrogens is 432 g/mol. The lowest BCUT2D eigenvalue weighted by atomic mass is 10.2. The minimum atomic E-state index is -0.0906. The van der Waals surface area contributed by atoms with Gasteiger partial charge in [-0.15, -0.1) is 11.3 Å². The molecule has 3 aromatic heterocycles. The van der Waals surface area contributed by atoms with Crippen molar-refractivity contribution in [3.05, 3.63) is 107 Å². The standard InChI is InChI=1S/C26H22N4O2S/c1-18-23-14-24(33-26(23)30(29-18)21-7-3-2-4-8-21)25(31)28-16-19-9-11-22(12-10-19)32-17-20-6-5-13-27-15-20/h2-15H,16-17H2,1H3,(H,28,31). The first kappa shape index (κ1) is 20.9. The van der Waals surface area contributed by atoms with E-state index in [0.29, 0.717) is 18.0 Å². The number of rotatable bonds is 7. The van der Waals surface area contributed by atoms with Gasteiger partial charge in [-0.3, -0.25) is 9.78 Å². The van der Waals surface area contributed by atoms with Crippen LogP contribution in [0.4, 0.5) is 0 Å². The lowest BCUT2D eigenvalue weighted by Gasteiger charge is -2.08. The number of ether oxygens (including phenoxy) is 1. The molecule has 0 bridgehead atoms. The first-order chi connectivity index (χ1) is 16.2. The van der Waals surface area contributed by atoms with Crippen molar-refractivity contribution >= 4 is 27.5 Å². The summed E-state index contributed by atoms with van der Waals surface area (Å²) in [6.07, 6.45) is 3.53. The summed E-state index contributed by atoms with van der Waals surface area (Å²) in [6, 6.07) is 23.5. The third-order valence-electron chi connectivity index (χ3n) is 5.27. The van der Waals surface area contributed by atoms with E-state index in [1.165, 1.54) is 11.3 Å². The second-order valence-corrected chi connectivity index (χ2v) is 8.67. The van der Waals surface area contributed by atoms with E-state index in [2.05, 4.69) is 15.4 Å². The molecule has 0 saturated heterocycles. The first-order valence-corrected chi connectivity index (χ1v) is 11.4. The Hall–Kier alpha value is -3.97. The van der Waals surface area contributed by atoms with E-state index in [9.17, 15) is 4.79 Å². The number of aromatic nitrogens is 3. The predicted octanol–water partition coefficient (Wildman–Crippen LogP) is 5.30. The van der Waals surface area contributed by atoms with Crippen LogP contribution in [0.5, 0.6) is 5.75 Å². The summed E-state index contributed by atoms with van der Waals surface area (Å²) in [5.74, 6) is 0.687. The van der Waals surface area contributed by atoms with Crippen molar-refractivity contribution in [3.63, 3.8) is 0 Å². The SMILES string of the molecule is Cc1nn(-c2ccccc2)c2sc(C(=O)NCc3ccc(OCc4cccnc4)cc3)cc12. The molecule has 0 atom stereocenters. The summed E-state index contributed by atoms with van der Waals surface area (Å²) in [4.78, 5) is 18.5. The van der Waals surface area contributed by atoms with Crippen LogP contribution < -0.4 is 10.1 Å². The fraction of sp³-hybridized carbons (Fsp3) is 0.115. The zero-order valence-electron chi connectivity index (χ0n) is 18.1. The van der Waals surface area contributed by atoms with Crippen LogP contribution in [-0.4, -0.2) is 20.7 Å². The highest BCUT2D eigenvalue weighted by Crippen LogP contribution is 2.30. The zero-order chi connectivity index (χ0) is 22.6. The van der Waals surface area contributed by atoms with Crippen LogP contribution in [0.3, 0.4) is 0 Å². The van der Waals surface area contributed by atoms with Gasteiger partial charge >= 0.3 is 0 Å². The summed E-state index contributed by atoms with van der Waals surface area (Å²) in [5, 5.41) is 8.66. The van der Waals surface area contributed by atoms with E-state index < -0.39 is 0 Å². The summed E-state index contributed by atoms with van der Waals surface area (Å²) in [6.45, 7) is 2.88. The van der Waals surface area contributed by atoms with Crippen molar-refractivity contribution in [2.24, 2.45) is 0 Å². The summed E-state index contributed by atoms with van der Waals surface area (Å²) in [7, 11) is 0. The third-order valence-corrected chi connectivity index (χ3v) is 6.38. The van der Waals surface area contributed by atoms with Crippen LogP contribution in [0, 0.1) is 6.92 Å². The Balaban J connectivity index is 1.23. The second kappa shape index (κ2) is 9.26. The highest BCUT2D eigenvalue weighted by molar-refractivity contribution is 7.20. The molecule has 0 aliphatic heterocycles. The minimum Gasteiger partial charge on any atom is -0.489 e. The topological polar surface area (TPSA) is 69.0 Å². The van der Waals surface area contributed by atoms with Gasteiger partial charge in [0.2, 0.25) is 0 Å². The van der Waals surface area contributed by atoms with Gasteiger partial charge in [0.1, 0.15) is 17.2 Å². The van der Waals surface area contributed by atoms with Crippen LogP contribution in [0.25, 0.3) is 15.9 Å². The summed E-state index contributed by atoms with van der Waals surface area (Å²) in [5.41, 5.74) is 3.91. The van der Waals surface area contributed by atoms with Gasteiger partial charge in [0, 0.05) is 29.9 Å². The van der Waals surface area contributed by atoms with E-state index in [0.717, 1.165) is 38.5 Å². The number of nitrogens with zero attached hydrogens (tertiary/aromatic N) is 3. The maximum Gasteiger partial charge on any atom is 0.261 e. The Bertz CT molecular complexity index is 1380. The van der Waals surface area contributed by atoms with E-state index in [4.69, 9.17) is 4.74 Å². The Kier molecular flexibility index (Phi) is 5.87. The van der Waals surface area contributed by atoms with Crippen LogP contribution in [-0.2, 0) is 13.2 Å². The van der Waals surface area contributed by atoms with Crippen molar-refractivity contribution in [3.8, 4) is 11.4 Å². The number of aryl methyl sites for hydroxylation is 1. The maximum atomic E-state index is 12.8. The smallest absolute Gasteiger partial charge is 0.261 e. The minimum absolute atomic E-state index is 0.0906. The number of nitrogens with one attached hydrogen (secondary N) is 1. The molecule has 33 heavy (non-hydrogen) atoms. The Morgan fingerprint density at radius 3 is 2.61 bits per heavy atom. The quantitative estimate of drug-likeness (QED) is 0.362. The average molecular weight is 455 g/mol. The van der Waals surface area contributed by atoms with Gasteiger partial charge in [0.25, 0.3) is 5.91 Å². The van der Waals surface area contributed by atoms with Crippen LogP contribution in [0.15, 0.2) is 85.2 Å². The Morgan fingerprint density at radius 1 is 1.03 bits per heavy atom.